The number of hydrogen-bond donors (Lipinski definition) is 1. The molecule has 1 nitrogen and oxygen atoms in total. The predicted molar refractivity (Wildman–Crippen MR) is 85.5 cm³/mol. The average Bonchev–Trinajstić information content (AvgIpc) is 2.47. The number of benzene rings is 2. The van der Waals surface area contributed by atoms with Gasteiger partial charge in [0.25, 0.3) is 0 Å². The van der Waals surface area contributed by atoms with Crippen molar-refractivity contribution in [2.24, 2.45) is 0 Å². The van der Waals surface area contributed by atoms with Gasteiger partial charge in [-0.2, -0.15) is 0 Å². The van der Waals surface area contributed by atoms with E-state index >= 15 is 0 Å². The van der Waals surface area contributed by atoms with Crippen molar-refractivity contribution >= 4 is 15.9 Å². The Hall–Kier alpha value is -1.19. The third-order valence-electron chi connectivity index (χ3n) is 3.75. The Morgan fingerprint density at radius 1 is 1.15 bits per heavy atom. The zero-order valence-electron chi connectivity index (χ0n) is 11.7. The third-order valence-corrected chi connectivity index (χ3v) is 4.49. The molecule has 0 spiro atoms. The third kappa shape index (κ3) is 3.68. The lowest BCUT2D eigenvalue weighted by molar-refractivity contribution is 0.482. The standard InChI is InChI=1S/C17H19BrFN/c1-12(13-6-4-3-5-7-13)17(20-2)10-14-8-9-15(19)11-16(14)18/h3-9,11-12,17,20H,10H2,1-2H3. The maximum Gasteiger partial charge on any atom is 0.124 e. The number of nitrogens with one attached hydrogen (secondary N) is 1. The predicted octanol–water partition coefficient (Wildman–Crippen LogP) is 4.52. The summed E-state index contributed by atoms with van der Waals surface area (Å²) in [6.07, 6.45) is 0.855. The van der Waals surface area contributed by atoms with Crippen molar-refractivity contribution in [2.75, 3.05) is 7.05 Å². The highest BCUT2D eigenvalue weighted by atomic mass is 79.9. The van der Waals surface area contributed by atoms with Crippen LogP contribution in [0.3, 0.4) is 0 Å². The van der Waals surface area contributed by atoms with Crippen LogP contribution in [0.15, 0.2) is 53.0 Å². The van der Waals surface area contributed by atoms with E-state index in [2.05, 4.69) is 52.4 Å². The molecular weight excluding hydrogens is 317 g/mol. The topological polar surface area (TPSA) is 12.0 Å². The highest BCUT2D eigenvalue weighted by Crippen LogP contribution is 2.25. The Kier molecular flexibility index (Phi) is 5.32. The lowest BCUT2D eigenvalue weighted by Crippen LogP contribution is -2.33. The second-order valence-electron chi connectivity index (χ2n) is 5.03. The maximum absolute atomic E-state index is 13.1. The molecule has 2 unspecified atom stereocenters. The van der Waals surface area contributed by atoms with Crippen molar-refractivity contribution in [3.63, 3.8) is 0 Å². The number of hydrogen-bond acceptors (Lipinski definition) is 1. The summed E-state index contributed by atoms with van der Waals surface area (Å²) in [7, 11) is 1.97. The van der Waals surface area contributed by atoms with Crippen molar-refractivity contribution < 1.29 is 4.39 Å². The van der Waals surface area contributed by atoms with Crippen LogP contribution in [-0.4, -0.2) is 13.1 Å². The van der Waals surface area contributed by atoms with Crippen LogP contribution in [0.5, 0.6) is 0 Å². The molecule has 2 atom stereocenters. The van der Waals surface area contributed by atoms with E-state index in [4.69, 9.17) is 0 Å². The SMILES string of the molecule is CNC(Cc1ccc(F)cc1Br)C(C)c1ccccc1. The minimum Gasteiger partial charge on any atom is -0.316 e. The zero-order chi connectivity index (χ0) is 14.5. The second kappa shape index (κ2) is 7.00. The summed E-state index contributed by atoms with van der Waals surface area (Å²) in [6.45, 7) is 2.22. The fourth-order valence-electron chi connectivity index (χ4n) is 2.44. The molecule has 0 amide bonds. The highest BCUT2D eigenvalue weighted by molar-refractivity contribution is 9.10. The molecule has 0 aliphatic heterocycles. The molecule has 0 aromatic heterocycles. The van der Waals surface area contributed by atoms with Crippen LogP contribution < -0.4 is 5.32 Å². The molecule has 106 valence electrons. The van der Waals surface area contributed by atoms with Crippen LogP contribution in [-0.2, 0) is 6.42 Å². The van der Waals surface area contributed by atoms with Crippen molar-refractivity contribution in [3.05, 3.63) is 69.9 Å². The molecule has 0 aliphatic carbocycles. The van der Waals surface area contributed by atoms with E-state index in [1.807, 2.05) is 19.2 Å². The first-order chi connectivity index (χ1) is 9.61. The van der Waals surface area contributed by atoms with Gasteiger partial charge in [-0.1, -0.05) is 59.3 Å². The Morgan fingerprint density at radius 3 is 2.45 bits per heavy atom. The summed E-state index contributed by atoms with van der Waals surface area (Å²) in [6, 6.07) is 15.6. The summed E-state index contributed by atoms with van der Waals surface area (Å²) in [5.41, 5.74) is 2.43. The summed E-state index contributed by atoms with van der Waals surface area (Å²) < 4.78 is 14.0. The largest absolute Gasteiger partial charge is 0.316 e. The van der Waals surface area contributed by atoms with E-state index in [0.29, 0.717) is 12.0 Å². The van der Waals surface area contributed by atoms with Crippen molar-refractivity contribution in [1.82, 2.24) is 5.32 Å². The highest BCUT2D eigenvalue weighted by Gasteiger charge is 2.18. The number of rotatable bonds is 5. The van der Waals surface area contributed by atoms with Crippen LogP contribution in [0.25, 0.3) is 0 Å². The van der Waals surface area contributed by atoms with Crippen LogP contribution in [0.2, 0.25) is 0 Å². The Morgan fingerprint density at radius 2 is 1.85 bits per heavy atom. The lowest BCUT2D eigenvalue weighted by atomic mass is 9.89. The van der Waals surface area contributed by atoms with Gasteiger partial charge in [-0.3, -0.25) is 0 Å². The zero-order valence-corrected chi connectivity index (χ0v) is 13.3. The van der Waals surface area contributed by atoms with Gasteiger partial charge in [0.05, 0.1) is 0 Å². The number of likely N-dealkylation sites (N-methyl/N-ethyl adjacent to an activating group) is 1. The summed E-state index contributed by atoms with van der Waals surface area (Å²) >= 11 is 3.44. The Bertz CT molecular complexity index is 556. The minimum absolute atomic E-state index is 0.210. The average molecular weight is 336 g/mol. The lowest BCUT2D eigenvalue weighted by Gasteiger charge is -2.24. The first-order valence-corrected chi connectivity index (χ1v) is 7.57. The van der Waals surface area contributed by atoms with Gasteiger partial charge < -0.3 is 5.32 Å². The Labute approximate surface area is 128 Å². The molecule has 0 radical (unpaired) electrons. The van der Waals surface area contributed by atoms with Gasteiger partial charge in [0, 0.05) is 10.5 Å². The molecule has 20 heavy (non-hydrogen) atoms. The summed E-state index contributed by atoms with van der Waals surface area (Å²) in [5.74, 6) is 0.177. The quantitative estimate of drug-likeness (QED) is 0.846. The molecule has 0 bridgehead atoms. The van der Waals surface area contributed by atoms with Gasteiger partial charge >= 0.3 is 0 Å². The van der Waals surface area contributed by atoms with E-state index in [1.165, 1.54) is 17.7 Å². The molecule has 0 aliphatic rings. The molecule has 1 N–H and O–H groups in total. The summed E-state index contributed by atoms with van der Waals surface area (Å²) in [5, 5.41) is 3.38. The van der Waals surface area contributed by atoms with E-state index in [1.54, 1.807) is 0 Å². The molecule has 2 aromatic carbocycles. The Balaban J connectivity index is 2.16. The monoisotopic (exact) mass is 335 g/mol. The van der Waals surface area contributed by atoms with Gasteiger partial charge in [0.2, 0.25) is 0 Å². The van der Waals surface area contributed by atoms with Gasteiger partial charge in [0.1, 0.15) is 5.82 Å². The normalized spacial score (nSPS) is 14.0. The van der Waals surface area contributed by atoms with E-state index < -0.39 is 0 Å². The summed E-state index contributed by atoms with van der Waals surface area (Å²) in [4.78, 5) is 0. The van der Waals surface area contributed by atoms with Crippen molar-refractivity contribution in [2.45, 2.75) is 25.3 Å². The smallest absolute Gasteiger partial charge is 0.124 e. The molecule has 0 saturated carbocycles. The van der Waals surface area contributed by atoms with Crippen LogP contribution >= 0.6 is 15.9 Å². The van der Waals surface area contributed by atoms with Crippen LogP contribution in [0.4, 0.5) is 4.39 Å². The number of halogens is 2. The van der Waals surface area contributed by atoms with Crippen molar-refractivity contribution in [1.29, 1.82) is 0 Å². The molecule has 2 aromatic rings. The molecule has 2 rings (SSSR count). The fraction of sp³-hybridized carbons (Fsp3) is 0.294. The van der Waals surface area contributed by atoms with Gasteiger partial charge in [-0.05, 0) is 42.6 Å². The first-order valence-electron chi connectivity index (χ1n) is 6.78. The van der Waals surface area contributed by atoms with Gasteiger partial charge in [0.15, 0.2) is 0 Å². The van der Waals surface area contributed by atoms with Crippen LogP contribution in [0, 0.1) is 5.82 Å². The van der Waals surface area contributed by atoms with E-state index in [0.717, 1.165) is 16.5 Å². The van der Waals surface area contributed by atoms with Crippen LogP contribution in [0.1, 0.15) is 24.0 Å². The maximum atomic E-state index is 13.1. The van der Waals surface area contributed by atoms with Gasteiger partial charge in [-0.25, -0.2) is 4.39 Å². The minimum atomic E-state index is -0.210. The van der Waals surface area contributed by atoms with E-state index in [9.17, 15) is 4.39 Å². The first kappa shape index (κ1) is 15.2. The van der Waals surface area contributed by atoms with E-state index in [-0.39, 0.29) is 5.82 Å². The second-order valence-corrected chi connectivity index (χ2v) is 5.89. The molecule has 0 fully saturated rings. The fourth-order valence-corrected chi connectivity index (χ4v) is 2.95. The molecule has 0 saturated heterocycles. The molecule has 3 heteroatoms. The van der Waals surface area contributed by atoms with Gasteiger partial charge in [-0.15, -0.1) is 0 Å². The van der Waals surface area contributed by atoms with Crippen molar-refractivity contribution in [3.8, 4) is 0 Å². The molecular formula is C17H19BrFN. The molecule has 0 heterocycles.